The summed E-state index contributed by atoms with van der Waals surface area (Å²) in [5, 5.41) is 0. The van der Waals surface area contributed by atoms with E-state index in [0.29, 0.717) is 0 Å². The van der Waals surface area contributed by atoms with Crippen LogP contribution in [0.2, 0.25) is 0 Å². The number of rotatable bonds is 4. The topological polar surface area (TPSA) is 65.1 Å². The average molecular weight is 313 g/mol. The first kappa shape index (κ1) is 18.3. The van der Waals surface area contributed by atoms with Crippen LogP contribution in [0, 0.1) is 0 Å². The van der Waals surface area contributed by atoms with Gasteiger partial charge in [0.2, 0.25) is 0 Å². The van der Waals surface area contributed by atoms with Crippen molar-refractivity contribution in [3.8, 4) is 0 Å². The van der Waals surface area contributed by atoms with Crippen molar-refractivity contribution in [2.45, 2.75) is 78.9 Å². The van der Waals surface area contributed by atoms with Crippen molar-refractivity contribution in [2.75, 3.05) is 0 Å². The molecular weight excluding hydrogens is 286 g/mol. The van der Waals surface area contributed by atoms with Crippen molar-refractivity contribution in [2.24, 2.45) is 0 Å². The molecule has 0 bridgehead atoms. The van der Waals surface area contributed by atoms with Crippen molar-refractivity contribution < 1.29 is 23.8 Å². The SMILES string of the molecule is CC(C)=C[C@H]1OC(=O)O[C@@H](C)[C@@H]1OC(=O)N(C(C)C)C(C)C. The van der Waals surface area contributed by atoms with Gasteiger partial charge in [0.15, 0.2) is 12.2 Å². The molecule has 0 saturated carbocycles. The second-order valence-electron chi connectivity index (χ2n) is 6.34. The van der Waals surface area contributed by atoms with Crippen LogP contribution >= 0.6 is 0 Å². The van der Waals surface area contributed by atoms with Gasteiger partial charge in [-0.3, -0.25) is 0 Å². The molecule has 1 saturated heterocycles. The van der Waals surface area contributed by atoms with Crippen LogP contribution in [0.15, 0.2) is 11.6 Å². The van der Waals surface area contributed by atoms with Gasteiger partial charge in [-0.1, -0.05) is 5.57 Å². The molecule has 0 aromatic carbocycles. The third-order valence-electron chi connectivity index (χ3n) is 3.36. The minimum atomic E-state index is -0.744. The molecule has 6 heteroatoms. The molecule has 1 heterocycles. The zero-order valence-electron chi connectivity index (χ0n) is 14.5. The van der Waals surface area contributed by atoms with Crippen LogP contribution in [-0.4, -0.2) is 47.5 Å². The molecule has 0 unspecified atom stereocenters. The number of hydrogen-bond donors (Lipinski definition) is 0. The maximum absolute atomic E-state index is 12.4. The van der Waals surface area contributed by atoms with E-state index in [1.165, 1.54) is 0 Å². The summed E-state index contributed by atoms with van der Waals surface area (Å²) >= 11 is 0. The maximum atomic E-state index is 12.4. The van der Waals surface area contributed by atoms with Crippen LogP contribution in [0.25, 0.3) is 0 Å². The predicted molar refractivity (Wildman–Crippen MR) is 82.6 cm³/mol. The van der Waals surface area contributed by atoms with Gasteiger partial charge in [0.05, 0.1) is 0 Å². The van der Waals surface area contributed by atoms with Gasteiger partial charge in [0.25, 0.3) is 0 Å². The summed E-state index contributed by atoms with van der Waals surface area (Å²) in [7, 11) is 0. The van der Waals surface area contributed by atoms with Crippen molar-refractivity contribution in [1.29, 1.82) is 0 Å². The van der Waals surface area contributed by atoms with Crippen LogP contribution in [-0.2, 0) is 14.2 Å². The van der Waals surface area contributed by atoms with Gasteiger partial charge in [0.1, 0.15) is 6.10 Å². The maximum Gasteiger partial charge on any atom is 0.509 e. The zero-order chi connectivity index (χ0) is 17.0. The summed E-state index contributed by atoms with van der Waals surface area (Å²) in [5.74, 6) is 0. The fraction of sp³-hybridized carbons (Fsp3) is 0.750. The Morgan fingerprint density at radius 2 is 1.73 bits per heavy atom. The van der Waals surface area contributed by atoms with E-state index in [1.807, 2.05) is 41.5 Å². The predicted octanol–water partition coefficient (Wildman–Crippen LogP) is 3.50. The molecule has 1 aliphatic heterocycles. The smallest absolute Gasteiger partial charge is 0.438 e. The van der Waals surface area contributed by atoms with E-state index < -0.39 is 30.6 Å². The van der Waals surface area contributed by atoms with E-state index in [1.54, 1.807) is 17.9 Å². The van der Waals surface area contributed by atoms with Crippen molar-refractivity contribution in [3.63, 3.8) is 0 Å². The van der Waals surface area contributed by atoms with Crippen LogP contribution in [0.5, 0.6) is 0 Å². The second kappa shape index (κ2) is 7.51. The first-order chi connectivity index (χ1) is 10.1. The first-order valence-electron chi connectivity index (χ1n) is 7.64. The summed E-state index contributed by atoms with van der Waals surface area (Å²) in [6.45, 7) is 13.2. The number of carbonyl (C=O) groups excluding carboxylic acids is 2. The molecule has 3 atom stereocenters. The Morgan fingerprint density at radius 3 is 2.18 bits per heavy atom. The van der Waals surface area contributed by atoms with Gasteiger partial charge in [-0.2, -0.15) is 0 Å². The molecule has 22 heavy (non-hydrogen) atoms. The van der Waals surface area contributed by atoms with E-state index in [0.717, 1.165) is 5.57 Å². The van der Waals surface area contributed by atoms with Crippen LogP contribution in [0.4, 0.5) is 9.59 Å². The number of cyclic esters (lactones) is 2. The van der Waals surface area contributed by atoms with Crippen LogP contribution in [0.1, 0.15) is 48.5 Å². The minimum Gasteiger partial charge on any atom is -0.438 e. The monoisotopic (exact) mass is 313 g/mol. The molecule has 1 amide bonds. The fourth-order valence-corrected chi connectivity index (χ4v) is 2.51. The standard InChI is InChI=1S/C16H27NO5/c1-9(2)8-13-14(12(7)20-16(19)21-13)22-15(18)17(10(3)4)11(5)6/h8,10-14H,1-7H3/t12-,13+,14-/m0/s1. The molecule has 0 aliphatic carbocycles. The third kappa shape index (κ3) is 4.64. The molecule has 0 aromatic heterocycles. The van der Waals surface area contributed by atoms with Gasteiger partial charge in [-0.25, -0.2) is 9.59 Å². The van der Waals surface area contributed by atoms with Gasteiger partial charge >= 0.3 is 12.2 Å². The quantitative estimate of drug-likeness (QED) is 0.587. The zero-order valence-corrected chi connectivity index (χ0v) is 14.5. The summed E-state index contributed by atoms with van der Waals surface area (Å²) in [6.07, 6.45) is -1.27. The highest BCUT2D eigenvalue weighted by molar-refractivity contribution is 5.69. The van der Waals surface area contributed by atoms with Crippen molar-refractivity contribution >= 4 is 12.2 Å². The molecule has 1 rings (SSSR count). The molecular formula is C16H27NO5. The molecule has 0 aromatic rings. The Labute approximate surface area is 132 Å². The average Bonchev–Trinajstić information content (AvgIpc) is 2.31. The van der Waals surface area contributed by atoms with E-state index in [9.17, 15) is 9.59 Å². The largest absolute Gasteiger partial charge is 0.509 e. The molecule has 0 spiro atoms. The van der Waals surface area contributed by atoms with Crippen molar-refractivity contribution in [3.05, 3.63) is 11.6 Å². The third-order valence-corrected chi connectivity index (χ3v) is 3.36. The summed E-state index contributed by atoms with van der Waals surface area (Å²) in [4.78, 5) is 25.5. The van der Waals surface area contributed by atoms with Gasteiger partial charge in [0, 0.05) is 12.1 Å². The Balaban J connectivity index is 2.92. The Kier molecular flexibility index (Phi) is 6.26. The van der Waals surface area contributed by atoms with Gasteiger partial charge < -0.3 is 19.1 Å². The normalized spacial score (nSPS) is 24.6. The highest BCUT2D eigenvalue weighted by atomic mass is 16.8. The lowest BCUT2D eigenvalue weighted by atomic mass is 10.1. The Morgan fingerprint density at radius 1 is 1.18 bits per heavy atom. The minimum absolute atomic E-state index is 0.0109. The van der Waals surface area contributed by atoms with E-state index in [4.69, 9.17) is 14.2 Å². The lowest BCUT2D eigenvalue weighted by molar-refractivity contribution is -0.124. The number of ether oxygens (including phenoxy) is 3. The summed E-state index contributed by atoms with van der Waals surface area (Å²) < 4.78 is 15.8. The van der Waals surface area contributed by atoms with E-state index >= 15 is 0 Å². The number of carbonyl (C=O) groups is 2. The Bertz CT molecular complexity index is 432. The van der Waals surface area contributed by atoms with Crippen molar-refractivity contribution in [1.82, 2.24) is 4.90 Å². The highest BCUT2D eigenvalue weighted by Crippen LogP contribution is 2.23. The number of amides is 1. The van der Waals surface area contributed by atoms with E-state index in [-0.39, 0.29) is 12.1 Å². The molecule has 0 radical (unpaired) electrons. The number of allylic oxidation sites excluding steroid dienone is 1. The summed E-state index contributed by atoms with van der Waals surface area (Å²) in [6, 6.07) is 0.0218. The molecule has 0 N–H and O–H groups in total. The molecule has 126 valence electrons. The number of nitrogens with zero attached hydrogens (tertiary/aromatic N) is 1. The Hall–Kier alpha value is -1.72. The van der Waals surface area contributed by atoms with Gasteiger partial charge in [-0.05, 0) is 54.5 Å². The lowest BCUT2D eigenvalue weighted by Gasteiger charge is -2.37. The van der Waals surface area contributed by atoms with E-state index in [2.05, 4.69) is 0 Å². The molecule has 1 aliphatic rings. The van der Waals surface area contributed by atoms with Crippen LogP contribution < -0.4 is 0 Å². The molecule has 6 nitrogen and oxygen atoms in total. The second-order valence-corrected chi connectivity index (χ2v) is 6.34. The van der Waals surface area contributed by atoms with Crippen LogP contribution in [0.3, 0.4) is 0 Å². The summed E-state index contributed by atoms with van der Waals surface area (Å²) in [5.41, 5.74) is 0.970. The lowest BCUT2D eigenvalue weighted by Crippen LogP contribution is -2.52. The molecule has 1 fully saturated rings. The van der Waals surface area contributed by atoms with Gasteiger partial charge in [-0.15, -0.1) is 0 Å². The highest BCUT2D eigenvalue weighted by Gasteiger charge is 2.40. The first-order valence-corrected chi connectivity index (χ1v) is 7.64. The fourth-order valence-electron chi connectivity index (χ4n) is 2.51. The number of hydrogen-bond acceptors (Lipinski definition) is 5.